The van der Waals surface area contributed by atoms with Gasteiger partial charge in [0.15, 0.2) is 8.14 Å². The molecule has 0 fully saturated rings. The molecule has 0 aliphatic carbocycles. The Labute approximate surface area is 82.0 Å². The topological polar surface area (TPSA) is 0 Å². The van der Waals surface area contributed by atoms with E-state index in [-0.39, 0.29) is 0 Å². The third-order valence-electron chi connectivity index (χ3n) is 1.89. The Morgan fingerprint density at radius 1 is 0.917 bits per heavy atom. The molecule has 0 amide bonds. The molecule has 12 heavy (non-hydrogen) atoms. The summed E-state index contributed by atoms with van der Waals surface area (Å²) in [5.41, 5.74) is 0. The van der Waals surface area contributed by atoms with Gasteiger partial charge in [0.05, 0.1) is 0 Å². The van der Waals surface area contributed by atoms with E-state index in [4.69, 9.17) is 0 Å². The molecular formula is C10H7BrSi. The summed E-state index contributed by atoms with van der Waals surface area (Å²) in [6.07, 6.45) is 0. The summed E-state index contributed by atoms with van der Waals surface area (Å²) in [5, 5.41) is 4.06. The predicted molar refractivity (Wildman–Crippen MR) is 58.3 cm³/mol. The van der Waals surface area contributed by atoms with Gasteiger partial charge in [0.2, 0.25) is 0 Å². The molecular weight excluding hydrogens is 228 g/mol. The Hall–Kier alpha value is -0.603. The first kappa shape index (κ1) is 8.02. The lowest BCUT2D eigenvalue weighted by molar-refractivity contribution is 1.78. The van der Waals surface area contributed by atoms with E-state index >= 15 is 0 Å². The van der Waals surface area contributed by atoms with Crippen molar-refractivity contribution in [1.82, 2.24) is 0 Å². The summed E-state index contributed by atoms with van der Waals surface area (Å²) >= 11 is 3.51. The summed E-state index contributed by atoms with van der Waals surface area (Å²) < 4.78 is 0. The molecule has 2 heteroatoms. The van der Waals surface area contributed by atoms with Crippen LogP contribution in [0.15, 0.2) is 42.5 Å². The Kier molecular flexibility index (Phi) is 2.28. The highest BCUT2D eigenvalue weighted by Gasteiger charge is 1.97. The quantitative estimate of drug-likeness (QED) is 0.526. The van der Waals surface area contributed by atoms with Crippen molar-refractivity contribution in [3.8, 4) is 0 Å². The molecule has 0 heterocycles. The maximum atomic E-state index is 3.51. The molecule has 0 unspecified atom stereocenters. The molecule has 0 aliphatic rings. The van der Waals surface area contributed by atoms with Crippen molar-refractivity contribution in [3.63, 3.8) is 0 Å². The lowest BCUT2D eigenvalue weighted by Gasteiger charge is -2.00. The van der Waals surface area contributed by atoms with E-state index in [0.29, 0.717) is 8.14 Å². The monoisotopic (exact) mass is 234 g/mol. The number of fused-ring (bicyclic) bond motifs is 1. The number of benzene rings is 2. The van der Waals surface area contributed by atoms with Crippen LogP contribution in [-0.2, 0) is 0 Å². The highest BCUT2D eigenvalue weighted by Crippen LogP contribution is 2.10. The number of rotatable bonds is 1. The molecule has 0 saturated heterocycles. The van der Waals surface area contributed by atoms with Gasteiger partial charge < -0.3 is 0 Å². The summed E-state index contributed by atoms with van der Waals surface area (Å²) in [5.74, 6) is 0. The molecule has 0 spiro atoms. The molecule has 0 N–H and O–H groups in total. The Balaban J connectivity index is 2.79. The molecule has 58 valence electrons. The Morgan fingerprint density at radius 3 is 2.50 bits per heavy atom. The van der Waals surface area contributed by atoms with Crippen LogP contribution in [-0.4, -0.2) is 8.14 Å². The van der Waals surface area contributed by atoms with Gasteiger partial charge in [-0.05, 0) is 16.0 Å². The Morgan fingerprint density at radius 2 is 1.67 bits per heavy atom. The van der Waals surface area contributed by atoms with E-state index in [0.717, 1.165) is 0 Å². The van der Waals surface area contributed by atoms with Gasteiger partial charge in [-0.2, -0.15) is 0 Å². The van der Waals surface area contributed by atoms with Crippen LogP contribution in [0.1, 0.15) is 0 Å². The molecule has 2 radical (unpaired) electrons. The van der Waals surface area contributed by atoms with Gasteiger partial charge in [-0.25, -0.2) is 0 Å². The van der Waals surface area contributed by atoms with Crippen molar-refractivity contribution < 1.29 is 0 Å². The fraction of sp³-hybridized carbons (Fsp3) is 0. The first-order valence-corrected chi connectivity index (χ1v) is 7.02. The van der Waals surface area contributed by atoms with Crippen molar-refractivity contribution in [2.45, 2.75) is 0 Å². The van der Waals surface area contributed by atoms with Crippen LogP contribution in [0.5, 0.6) is 0 Å². The summed E-state index contributed by atoms with van der Waals surface area (Å²) in [6.45, 7) is 0. The van der Waals surface area contributed by atoms with Gasteiger partial charge in [0, 0.05) is 0 Å². The summed E-state index contributed by atoms with van der Waals surface area (Å²) in [7, 11) is 0.696. The molecule has 0 saturated carbocycles. The fourth-order valence-corrected chi connectivity index (χ4v) is 2.83. The molecule has 0 nitrogen and oxygen atoms in total. The van der Waals surface area contributed by atoms with Gasteiger partial charge in [0.1, 0.15) is 0 Å². The standard InChI is InChI=1S/C10H7BrSi/c11-12-10-7-3-5-8-4-1-2-6-9(8)10/h1-7H. The van der Waals surface area contributed by atoms with Gasteiger partial charge in [0.25, 0.3) is 0 Å². The van der Waals surface area contributed by atoms with Crippen molar-refractivity contribution in [2.75, 3.05) is 0 Å². The SMILES string of the molecule is Br[Si]c1cccc2ccccc12. The average Bonchev–Trinajstić information content (AvgIpc) is 2.17. The Bertz CT molecular complexity index is 392. The summed E-state index contributed by atoms with van der Waals surface area (Å²) in [6, 6.07) is 14.9. The maximum absolute atomic E-state index is 3.51. The predicted octanol–water partition coefficient (Wildman–Crippen LogP) is 2.48. The van der Waals surface area contributed by atoms with Gasteiger partial charge >= 0.3 is 0 Å². The zero-order valence-corrected chi connectivity index (χ0v) is 9.01. The van der Waals surface area contributed by atoms with Gasteiger partial charge in [-0.3, -0.25) is 0 Å². The van der Waals surface area contributed by atoms with E-state index < -0.39 is 0 Å². The number of hydrogen-bond donors (Lipinski definition) is 0. The smallest absolute Gasteiger partial charge is 0.125 e. The first-order valence-electron chi connectivity index (χ1n) is 3.76. The minimum atomic E-state index is 0.696. The van der Waals surface area contributed by atoms with E-state index in [1.165, 1.54) is 16.0 Å². The van der Waals surface area contributed by atoms with Crippen LogP contribution in [0.4, 0.5) is 0 Å². The third-order valence-corrected chi connectivity index (χ3v) is 3.81. The van der Waals surface area contributed by atoms with E-state index in [2.05, 4.69) is 57.8 Å². The van der Waals surface area contributed by atoms with E-state index in [9.17, 15) is 0 Å². The van der Waals surface area contributed by atoms with E-state index in [1.54, 1.807) is 0 Å². The average molecular weight is 235 g/mol. The molecule has 0 aromatic heterocycles. The minimum Gasteiger partial charge on any atom is -0.125 e. The van der Waals surface area contributed by atoms with Crippen LogP contribution in [0.3, 0.4) is 0 Å². The number of halogens is 1. The second-order valence-corrected chi connectivity index (χ2v) is 4.54. The molecule has 0 aliphatic heterocycles. The zero-order valence-electron chi connectivity index (χ0n) is 6.42. The first-order chi connectivity index (χ1) is 5.92. The zero-order chi connectivity index (χ0) is 8.39. The van der Waals surface area contributed by atoms with Gasteiger partial charge in [-0.1, -0.05) is 42.5 Å². The van der Waals surface area contributed by atoms with Crippen LogP contribution < -0.4 is 5.19 Å². The van der Waals surface area contributed by atoms with Gasteiger partial charge in [-0.15, -0.1) is 15.3 Å². The van der Waals surface area contributed by atoms with Crippen LogP contribution in [0.25, 0.3) is 10.8 Å². The van der Waals surface area contributed by atoms with Crippen molar-refractivity contribution in [3.05, 3.63) is 42.5 Å². The van der Waals surface area contributed by atoms with Crippen LogP contribution in [0.2, 0.25) is 0 Å². The number of hydrogen-bond acceptors (Lipinski definition) is 0. The lowest BCUT2D eigenvalue weighted by atomic mass is 10.1. The second-order valence-electron chi connectivity index (χ2n) is 2.62. The fourth-order valence-electron chi connectivity index (χ4n) is 1.31. The maximum Gasteiger partial charge on any atom is 0.176 e. The lowest BCUT2D eigenvalue weighted by Crippen LogP contribution is -2.08. The second kappa shape index (κ2) is 3.41. The normalized spacial score (nSPS) is 10.4. The molecule has 2 rings (SSSR count). The molecule has 0 atom stereocenters. The largest absolute Gasteiger partial charge is 0.176 e. The van der Waals surface area contributed by atoms with Crippen LogP contribution >= 0.6 is 15.3 Å². The molecule has 2 aromatic carbocycles. The van der Waals surface area contributed by atoms with Crippen molar-refractivity contribution in [2.24, 2.45) is 0 Å². The van der Waals surface area contributed by atoms with Crippen LogP contribution in [0, 0.1) is 0 Å². The molecule has 0 bridgehead atoms. The minimum absolute atomic E-state index is 0.696. The van der Waals surface area contributed by atoms with Crippen molar-refractivity contribution >= 4 is 39.4 Å². The highest BCUT2D eigenvalue weighted by atomic mass is 79.9. The molecule has 2 aromatic rings. The third kappa shape index (κ3) is 1.32. The highest BCUT2D eigenvalue weighted by molar-refractivity contribution is 9.23. The van der Waals surface area contributed by atoms with Crippen molar-refractivity contribution in [1.29, 1.82) is 0 Å². The summed E-state index contributed by atoms with van der Waals surface area (Å²) in [4.78, 5) is 0. The van der Waals surface area contributed by atoms with E-state index in [1.807, 2.05) is 0 Å².